The van der Waals surface area contributed by atoms with Crippen LogP contribution in [0.15, 0.2) is 24.3 Å². The molecule has 1 amide bonds. The van der Waals surface area contributed by atoms with Crippen molar-refractivity contribution in [3.63, 3.8) is 0 Å². The van der Waals surface area contributed by atoms with Gasteiger partial charge in [0.15, 0.2) is 0 Å². The molecule has 0 fully saturated rings. The molecular weight excluding hydrogens is 246 g/mol. The molecular formula is C14H21NO4. The van der Waals surface area contributed by atoms with E-state index in [1.165, 1.54) is 7.11 Å². The lowest BCUT2D eigenvalue weighted by Crippen LogP contribution is -2.40. The summed E-state index contributed by atoms with van der Waals surface area (Å²) in [6.07, 6.45) is 0.914. The quantitative estimate of drug-likeness (QED) is 0.743. The van der Waals surface area contributed by atoms with Crippen LogP contribution in [-0.4, -0.2) is 44.0 Å². The average molecular weight is 267 g/mol. The van der Waals surface area contributed by atoms with Gasteiger partial charge in [-0.05, 0) is 24.6 Å². The molecule has 0 aliphatic rings. The number of hydrogen-bond acceptors (Lipinski definition) is 4. The summed E-state index contributed by atoms with van der Waals surface area (Å²) in [5, 5.41) is 11.8. The largest absolute Gasteiger partial charge is 0.494 e. The number of rotatable bonds is 8. The van der Waals surface area contributed by atoms with Crippen LogP contribution in [0.1, 0.15) is 23.7 Å². The van der Waals surface area contributed by atoms with Gasteiger partial charge < -0.3 is 19.9 Å². The molecule has 0 aliphatic heterocycles. The fraction of sp³-hybridized carbons (Fsp3) is 0.500. The van der Waals surface area contributed by atoms with Gasteiger partial charge in [-0.25, -0.2) is 0 Å². The predicted octanol–water partition coefficient (Wildman–Crippen LogP) is 1.21. The minimum atomic E-state index is -0.405. The number of amides is 1. The average Bonchev–Trinajstić information content (AvgIpc) is 2.44. The van der Waals surface area contributed by atoms with E-state index in [0.717, 1.165) is 6.42 Å². The van der Waals surface area contributed by atoms with Gasteiger partial charge in [0.2, 0.25) is 0 Å². The van der Waals surface area contributed by atoms with Gasteiger partial charge >= 0.3 is 0 Å². The Bertz CT molecular complexity index is 395. The molecule has 0 spiro atoms. The number of aliphatic hydroxyl groups excluding tert-OH is 1. The third-order valence-corrected chi connectivity index (χ3v) is 2.49. The van der Waals surface area contributed by atoms with Crippen LogP contribution in [0, 0.1) is 0 Å². The standard InChI is InChI=1S/C14H21NO4/c1-3-7-19-13-6-4-5-11(8-13)14(17)15-12(9-16)10-18-2/h4-6,8,12,16H,3,7,9-10H2,1-2H3,(H,15,17). The van der Waals surface area contributed by atoms with Gasteiger partial charge in [-0.3, -0.25) is 4.79 Å². The summed E-state index contributed by atoms with van der Waals surface area (Å²) in [6, 6.07) is 6.56. The molecule has 0 saturated heterocycles. The molecule has 5 heteroatoms. The van der Waals surface area contributed by atoms with Crippen LogP contribution in [-0.2, 0) is 4.74 Å². The summed E-state index contributed by atoms with van der Waals surface area (Å²) < 4.78 is 10.4. The summed E-state index contributed by atoms with van der Waals surface area (Å²) in [4.78, 5) is 12.0. The molecule has 0 aliphatic carbocycles. The van der Waals surface area contributed by atoms with E-state index in [2.05, 4.69) is 5.32 Å². The molecule has 0 aromatic heterocycles. The van der Waals surface area contributed by atoms with Crippen LogP contribution in [0.4, 0.5) is 0 Å². The molecule has 0 radical (unpaired) electrons. The summed E-state index contributed by atoms with van der Waals surface area (Å²) in [7, 11) is 1.52. The Morgan fingerprint density at radius 1 is 1.47 bits per heavy atom. The van der Waals surface area contributed by atoms with E-state index >= 15 is 0 Å². The molecule has 1 unspecified atom stereocenters. The third kappa shape index (κ3) is 5.28. The molecule has 0 bridgehead atoms. The van der Waals surface area contributed by atoms with Crippen molar-refractivity contribution >= 4 is 5.91 Å². The lowest BCUT2D eigenvalue weighted by Gasteiger charge is -2.15. The number of carbonyl (C=O) groups excluding carboxylic acids is 1. The number of carbonyl (C=O) groups is 1. The SMILES string of the molecule is CCCOc1cccc(C(=O)NC(CO)COC)c1. The van der Waals surface area contributed by atoms with Crippen LogP contribution in [0.25, 0.3) is 0 Å². The lowest BCUT2D eigenvalue weighted by atomic mass is 10.2. The summed E-state index contributed by atoms with van der Waals surface area (Å²) in [5.41, 5.74) is 0.503. The van der Waals surface area contributed by atoms with E-state index < -0.39 is 6.04 Å². The van der Waals surface area contributed by atoms with Gasteiger partial charge in [0.1, 0.15) is 5.75 Å². The molecule has 0 heterocycles. The van der Waals surface area contributed by atoms with Crippen molar-refractivity contribution in [3.8, 4) is 5.75 Å². The van der Waals surface area contributed by atoms with Gasteiger partial charge in [0, 0.05) is 12.7 Å². The highest BCUT2D eigenvalue weighted by atomic mass is 16.5. The first-order valence-electron chi connectivity index (χ1n) is 6.34. The summed E-state index contributed by atoms with van der Waals surface area (Å²) in [6.45, 7) is 2.75. The van der Waals surface area contributed by atoms with Crippen molar-refractivity contribution in [1.82, 2.24) is 5.32 Å². The van der Waals surface area contributed by atoms with Crippen molar-refractivity contribution in [1.29, 1.82) is 0 Å². The normalized spacial score (nSPS) is 11.9. The topological polar surface area (TPSA) is 67.8 Å². The van der Waals surface area contributed by atoms with Crippen LogP contribution in [0.3, 0.4) is 0 Å². The zero-order valence-electron chi connectivity index (χ0n) is 11.4. The van der Waals surface area contributed by atoms with E-state index in [1.54, 1.807) is 18.2 Å². The second kappa shape index (κ2) is 8.50. The number of methoxy groups -OCH3 is 1. The summed E-state index contributed by atoms with van der Waals surface area (Å²) >= 11 is 0. The Morgan fingerprint density at radius 3 is 2.89 bits per heavy atom. The molecule has 19 heavy (non-hydrogen) atoms. The first-order chi connectivity index (χ1) is 9.21. The minimum absolute atomic E-state index is 0.161. The van der Waals surface area contributed by atoms with Crippen molar-refractivity contribution in [2.45, 2.75) is 19.4 Å². The zero-order chi connectivity index (χ0) is 14.1. The molecule has 1 rings (SSSR count). The monoisotopic (exact) mass is 267 g/mol. The van der Waals surface area contributed by atoms with Crippen LogP contribution in [0.5, 0.6) is 5.75 Å². The molecule has 106 valence electrons. The smallest absolute Gasteiger partial charge is 0.251 e. The maximum atomic E-state index is 12.0. The second-order valence-electron chi connectivity index (χ2n) is 4.18. The van der Waals surface area contributed by atoms with Crippen molar-refractivity contribution in [2.75, 3.05) is 26.9 Å². The molecule has 2 N–H and O–H groups in total. The third-order valence-electron chi connectivity index (χ3n) is 2.49. The predicted molar refractivity (Wildman–Crippen MR) is 72.4 cm³/mol. The summed E-state index contributed by atoms with van der Waals surface area (Å²) in [5.74, 6) is 0.417. The fourth-order valence-electron chi connectivity index (χ4n) is 1.56. The Balaban J connectivity index is 2.65. The highest BCUT2D eigenvalue weighted by molar-refractivity contribution is 5.94. The minimum Gasteiger partial charge on any atom is -0.494 e. The number of hydrogen-bond donors (Lipinski definition) is 2. The van der Waals surface area contributed by atoms with Gasteiger partial charge in [-0.2, -0.15) is 0 Å². The highest BCUT2D eigenvalue weighted by Crippen LogP contribution is 2.13. The molecule has 5 nitrogen and oxygen atoms in total. The van der Waals surface area contributed by atoms with E-state index in [-0.39, 0.29) is 19.1 Å². The molecule has 0 saturated carbocycles. The number of benzene rings is 1. The fourth-order valence-corrected chi connectivity index (χ4v) is 1.56. The Kier molecular flexibility index (Phi) is 6.92. The molecule has 1 atom stereocenters. The maximum Gasteiger partial charge on any atom is 0.251 e. The Labute approximate surface area is 113 Å². The Hall–Kier alpha value is -1.59. The Morgan fingerprint density at radius 2 is 2.26 bits per heavy atom. The van der Waals surface area contributed by atoms with Crippen LogP contribution >= 0.6 is 0 Å². The lowest BCUT2D eigenvalue weighted by molar-refractivity contribution is 0.0839. The maximum absolute atomic E-state index is 12.0. The van der Waals surface area contributed by atoms with Gasteiger partial charge in [0.05, 0.1) is 25.9 Å². The second-order valence-corrected chi connectivity index (χ2v) is 4.18. The number of nitrogens with one attached hydrogen (secondary N) is 1. The van der Waals surface area contributed by atoms with E-state index in [9.17, 15) is 4.79 Å². The van der Waals surface area contributed by atoms with Gasteiger partial charge in [-0.15, -0.1) is 0 Å². The van der Waals surface area contributed by atoms with Crippen LogP contribution < -0.4 is 10.1 Å². The zero-order valence-corrected chi connectivity index (χ0v) is 11.4. The van der Waals surface area contributed by atoms with Crippen LogP contribution in [0.2, 0.25) is 0 Å². The number of ether oxygens (including phenoxy) is 2. The van der Waals surface area contributed by atoms with Crippen molar-refractivity contribution in [3.05, 3.63) is 29.8 Å². The first-order valence-corrected chi connectivity index (χ1v) is 6.34. The van der Waals surface area contributed by atoms with Gasteiger partial charge in [-0.1, -0.05) is 13.0 Å². The van der Waals surface area contributed by atoms with Gasteiger partial charge in [0.25, 0.3) is 5.91 Å². The number of aliphatic hydroxyl groups is 1. The van der Waals surface area contributed by atoms with E-state index in [1.807, 2.05) is 13.0 Å². The van der Waals surface area contributed by atoms with E-state index in [0.29, 0.717) is 17.9 Å². The molecule has 1 aromatic carbocycles. The highest BCUT2D eigenvalue weighted by Gasteiger charge is 2.13. The van der Waals surface area contributed by atoms with Crippen molar-refractivity contribution < 1.29 is 19.4 Å². The van der Waals surface area contributed by atoms with Crippen molar-refractivity contribution in [2.24, 2.45) is 0 Å². The first kappa shape index (κ1) is 15.5. The molecule has 1 aromatic rings. The van der Waals surface area contributed by atoms with E-state index in [4.69, 9.17) is 14.6 Å².